The Morgan fingerprint density at radius 3 is 2.56 bits per heavy atom. The van der Waals surface area contributed by atoms with Crippen LogP contribution < -0.4 is 10.6 Å². The van der Waals surface area contributed by atoms with Gasteiger partial charge in [0.05, 0.1) is 0 Å². The van der Waals surface area contributed by atoms with E-state index >= 15 is 0 Å². The molecule has 5 heteroatoms. The Balaban J connectivity index is 0.00000289. The molecule has 0 atom stereocenters. The molecule has 0 radical (unpaired) electrons. The fraction of sp³-hybridized carbons (Fsp3) is 0.462. The Kier molecular flexibility index (Phi) is 8.70. The SMILES string of the molecule is CN=C(NCCc1ccccc1F)NC(C)C.I. The maximum Gasteiger partial charge on any atom is 0.191 e. The fourth-order valence-corrected chi connectivity index (χ4v) is 1.48. The molecule has 0 aliphatic heterocycles. The number of benzene rings is 1. The van der Waals surface area contributed by atoms with Crippen LogP contribution >= 0.6 is 24.0 Å². The third-order valence-electron chi connectivity index (χ3n) is 2.29. The van der Waals surface area contributed by atoms with E-state index < -0.39 is 0 Å². The maximum absolute atomic E-state index is 13.3. The Hall–Kier alpha value is -0.850. The number of guanidine groups is 1. The molecule has 18 heavy (non-hydrogen) atoms. The summed E-state index contributed by atoms with van der Waals surface area (Å²) < 4.78 is 13.3. The van der Waals surface area contributed by atoms with Gasteiger partial charge in [0.25, 0.3) is 0 Å². The molecule has 0 amide bonds. The molecule has 0 unspecified atom stereocenters. The van der Waals surface area contributed by atoms with Crippen molar-refractivity contribution in [1.29, 1.82) is 0 Å². The third-order valence-corrected chi connectivity index (χ3v) is 2.29. The number of rotatable bonds is 4. The molecule has 1 rings (SSSR count). The number of halogens is 2. The lowest BCUT2D eigenvalue weighted by Crippen LogP contribution is -2.41. The van der Waals surface area contributed by atoms with Gasteiger partial charge in [-0.25, -0.2) is 4.39 Å². The van der Waals surface area contributed by atoms with Crippen LogP contribution in [0.4, 0.5) is 4.39 Å². The lowest BCUT2D eigenvalue weighted by molar-refractivity contribution is 0.606. The van der Waals surface area contributed by atoms with Crippen molar-refractivity contribution in [3.8, 4) is 0 Å². The third kappa shape index (κ3) is 6.18. The van der Waals surface area contributed by atoms with Gasteiger partial charge in [-0.15, -0.1) is 24.0 Å². The van der Waals surface area contributed by atoms with Crippen molar-refractivity contribution < 1.29 is 4.39 Å². The van der Waals surface area contributed by atoms with Crippen LogP contribution in [-0.4, -0.2) is 25.6 Å². The Morgan fingerprint density at radius 1 is 1.33 bits per heavy atom. The van der Waals surface area contributed by atoms with Gasteiger partial charge in [0.15, 0.2) is 5.96 Å². The minimum absolute atomic E-state index is 0. The molecule has 1 aromatic rings. The van der Waals surface area contributed by atoms with Crippen molar-refractivity contribution in [2.24, 2.45) is 4.99 Å². The van der Waals surface area contributed by atoms with Gasteiger partial charge in [-0.2, -0.15) is 0 Å². The number of aliphatic imine (C=N–C) groups is 1. The van der Waals surface area contributed by atoms with Crippen LogP contribution in [0.2, 0.25) is 0 Å². The van der Waals surface area contributed by atoms with E-state index in [0.717, 1.165) is 11.5 Å². The number of nitrogens with one attached hydrogen (secondary N) is 2. The first-order valence-corrected chi connectivity index (χ1v) is 5.84. The highest BCUT2D eigenvalue weighted by Gasteiger charge is 2.02. The molecule has 0 heterocycles. The predicted molar refractivity (Wildman–Crippen MR) is 85.2 cm³/mol. The summed E-state index contributed by atoms with van der Waals surface area (Å²) in [5, 5.41) is 6.32. The molecular formula is C13H21FIN3. The molecule has 0 aliphatic rings. The molecule has 3 nitrogen and oxygen atoms in total. The summed E-state index contributed by atoms with van der Waals surface area (Å²) in [7, 11) is 1.72. The topological polar surface area (TPSA) is 36.4 Å². The zero-order valence-electron chi connectivity index (χ0n) is 11.0. The zero-order chi connectivity index (χ0) is 12.7. The lowest BCUT2D eigenvalue weighted by atomic mass is 10.1. The second kappa shape index (κ2) is 9.13. The largest absolute Gasteiger partial charge is 0.356 e. The molecule has 0 aliphatic carbocycles. The Bertz CT molecular complexity index is 380. The van der Waals surface area contributed by atoms with Crippen molar-refractivity contribution in [1.82, 2.24) is 10.6 Å². The van der Waals surface area contributed by atoms with E-state index in [2.05, 4.69) is 15.6 Å². The first-order valence-electron chi connectivity index (χ1n) is 5.84. The zero-order valence-corrected chi connectivity index (χ0v) is 13.4. The van der Waals surface area contributed by atoms with Gasteiger partial charge in [-0.3, -0.25) is 4.99 Å². The molecular weight excluding hydrogens is 344 g/mol. The number of hydrogen-bond acceptors (Lipinski definition) is 1. The maximum atomic E-state index is 13.3. The van der Waals surface area contributed by atoms with Crippen LogP contribution in [0.15, 0.2) is 29.3 Å². The summed E-state index contributed by atoms with van der Waals surface area (Å²) in [5.41, 5.74) is 0.722. The van der Waals surface area contributed by atoms with E-state index in [1.54, 1.807) is 19.2 Å². The van der Waals surface area contributed by atoms with E-state index in [1.165, 1.54) is 6.07 Å². The van der Waals surface area contributed by atoms with Gasteiger partial charge < -0.3 is 10.6 Å². The molecule has 0 aromatic heterocycles. The smallest absolute Gasteiger partial charge is 0.191 e. The van der Waals surface area contributed by atoms with Crippen LogP contribution in [0.25, 0.3) is 0 Å². The number of nitrogens with zero attached hydrogens (tertiary/aromatic N) is 1. The molecule has 0 spiro atoms. The van der Waals surface area contributed by atoms with E-state index in [4.69, 9.17) is 0 Å². The average Bonchev–Trinajstić information content (AvgIpc) is 2.29. The second-order valence-corrected chi connectivity index (χ2v) is 4.14. The van der Waals surface area contributed by atoms with Gasteiger partial charge in [0.1, 0.15) is 5.82 Å². The molecule has 2 N–H and O–H groups in total. The van der Waals surface area contributed by atoms with Crippen molar-refractivity contribution >= 4 is 29.9 Å². The summed E-state index contributed by atoms with van der Waals surface area (Å²) in [6.07, 6.45) is 0.644. The molecule has 0 saturated heterocycles. The van der Waals surface area contributed by atoms with E-state index in [0.29, 0.717) is 19.0 Å². The monoisotopic (exact) mass is 365 g/mol. The van der Waals surface area contributed by atoms with Crippen LogP contribution in [0.3, 0.4) is 0 Å². The molecule has 102 valence electrons. The van der Waals surface area contributed by atoms with Crippen LogP contribution in [-0.2, 0) is 6.42 Å². The fourth-order valence-electron chi connectivity index (χ4n) is 1.48. The van der Waals surface area contributed by atoms with Crippen molar-refractivity contribution in [2.75, 3.05) is 13.6 Å². The highest BCUT2D eigenvalue weighted by molar-refractivity contribution is 14.0. The Labute approximate surface area is 125 Å². The number of hydrogen-bond donors (Lipinski definition) is 2. The summed E-state index contributed by atoms with van der Waals surface area (Å²) in [4.78, 5) is 4.08. The van der Waals surface area contributed by atoms with Crippen molar-refractivity contribution in [3.63, 3.8) is 0 Å². The van der Waals surface area contributed by atoms with Crippen molar-refractivity contribution in [3.05, 3.63) is 35.6 Å². The average molecular weight is 365 g/mol. The summed E-state index contributed by atoms with van der Waals surface area (Å²) in [5.74, 6) is 0.595. The molecule has 0 bridgehead atoms. The molecule has 0 saturated carbocycles. The minimum atomic E-state index is -0.152. The first-order chi connectivity index (χ1) is 8.13. The predicted octanol–water partition coefficient (Wildman–Crippen LogP) is 2.56. The van der Waals surface area contributed by atoms with Crippen LogP contribution in [0, 0.1) is 5.82 Å². The van der Waals surface area contributed by atoms with Gasteiger partial charge in [-0.05, 0) is 31.9 Å². The van der Waals surface area contributed by atoms with Gasteiger partial charge in [-0.1, -0.05) is 18.2 Å². The van der Waals surface area contributed by atoms with Gasteiger partial charge >= 0.3 is 0 Å². The van der Waals surface area contributed by atoms with E-state index in [9.17, 15) is 4.39 Å². The normalized spacial score (nSPS) is 11.1. The molecule has 1 aromatic carbocycles. The first kappa shape index (κ1) is 17.2. The standard InChI is InChI=1S/C13H20FN3.HI/c1-10(2)17-13(15-3)16-9-8-11-6-4-5-7-12(11)14;/h4-7,10H,8-9H2,1-3H3,(H2,15,16,17);1H. The second-order valence-electron chi connectivity index (χ2n) is 4.14. The van der Waals surface area contributed by atoms with Crippen molar-refractivity contribution in [2.45, 2.75) is 26.3 Å². The van der Waals surface area contributed by atoms with E-state index in [-0.39, 0.29) is 29.8 Å². The molecule has 0 fully saturated rings. The van der Waals surface area contributed by atoms with Crippen LogP contribution in [0.1, 0.15) is 19.4 Å². The lowest BCUT2D eigenvalue weighted by Gasteiger charge is -2.14. The van der Waals surface area contributed by atoms with Gasteiger partial charge in [0.2, 0.25) is 0 Å². The van der Waals surface area contributed by atoms with Crippen LogP contribution in [0.5, 0.6) is 0 Å². The minimum Gasteiger partial charge on any atom is -0.356 e. The quantitative estimate of drug-likeness (QED) is 0.489. The highest BCUT2D eigenvalue weighted by atomic mass is 127. The van der Waals surface area contributed by atoms with E-state index in [1.807, 2.05) is 19.9 Å². The summed E-state index contributed by atoms with van der Waals surface area (Å²) >= 11 is 0. The Morgan fingerprint density at radius 2 is 2.00 bits per heavy atom. The highest BCUT2D eigenvalue weighted by Crippen LogP contribution is 2.05. The summed E-state index contributed by atoms with van der Waals surface area (Å²) in [6, 6.07) is 7.16. The van der Waals surface area contributed by atoms with Gasteiger partial charge in [0, 0.05) is 19.6 Å². The summed E-state index contributed by atoms with van der Waals surface area (Å²) in [6.45, 7) is 4.75.